The van der Waals surface area contributed by atoms with Crippen molar-refractivity contribution in [2.75, 3.05) is 0 Å². The number of hydrogen-bond acceptors (Lipinski definition) is 2. The van der Waals surface area contributed by atoms with Crippen molar-refractivity contribution in [3.8, 4) is 0 Å². The molecule has 0 aliphatic rings. The second-order valence-corrected chi connectivity index (χ2v) is 5.21. The minimum absolute atomic E-state index is 0.163. The molecule has 0 spiro atoms. The molecule has 0 aliphatic carbocycles. The van der Waals surface area contributed by atoms with Crippen molar-refractivity contribution in [3.63, 3.8) is 0 Å². The van der Waals surface area contributed by atoms with Gasteiger partial charge >= 0.3 is 6.03 Å². The van der Waals surface area contributed by atoms with Gasteiger partial charge in [0.05, 0.1) is 12.6 Å². The van der Waals surface area contributed by atoms with Gasteiger partial charge in [-0.15, -0.1) is 11.3 Å². The summed E-state index contributed by atoms with van der Waals surface area (Å²) in [7, 11) is 0. The number of amides is 2. The van der Waals surface area contributed by atoms with Crippen molar-refractivity contribution in [1.82, 2.24) is 10.6 Å². The minimum atomic E-state index is -0.280. The second kappa shape index (κ2) is 6.33. The zero-order valence-electron chi connectivity index (χ0n) is 10.5. The predicted molar refractivity (Wildman–Crippen MR) is 74.5 cm³/mol. The lowest BCUT2D eigenvalue weighted by molar-refractivity contribution is 0.237. The van der Waals surface area contributed by atoms with Crippen LogP contribution in [0.4, 0.5) is 9.18 Å². The highest BCUT2D eigenvalue weighted by Crippen LogP contribution is 2.12. The van der Waals surface area contributed by atoms with Gasteiger partial charge < -0.3 is 10.6 Å². The van der Waals surface area contributed by atoms with E-state index in [1.165, 1.54) is 12.1 Å². The van der Waals surface area contributed by atoms with Crippen LogP contribution < -0.4 is 10.6 Å². The van der Waals surface area contributed by atoms with Crippen LogP contribution in [0.15, 0.2) is 41.8 Å². The van der Waals surface area contributed by atoms with Crippen LogP contribution in [0.2, 0.25) is 0 Å². The Morgan fingerprint density at radius 1 is 1.32 bits per heavy atom. The molecule has 2 aromatic rings. The second-order valence-electron chi connectivity index (χ2n) is 4.18. The first-order valence-corrected chi connectivity index (χ1v) is 6.85. The monoisotopic (exact) mass is 278 g/mol. The maximum absolute atomic E-state index is 12.8. The largest absolute Gasteiger partial charge is 0.333 e. The van der Waals surface area contributed by atoms with Crippen LogP contribution in [0, 0.1) is 5.82 Å². The summed E-state index contributed by atoms with van der Waals surface area (Å²) in [5, 5.41) is 7.56. The molecule has 0 aliphatic heterocycles. The lowest BCUT2D eigenvalue weighted by atomic mass is 10.1. The molecule has 100 valence electrons. The molecule has 2 N–H and O–H groups in total. The number of thiophene rings is 1. The van der Waals surface area contributed by atoms with Gasteiger partial charge in [0, 0.05) is 4.88 Å². The molecular weight excluding hydrogens is 263 g/mol. The predicted octanol–water partition coefficient (Wildman–Crippen LogP) is 3.45. The summed E-state index contributed by atoms with van der Waals surface area (Å²) < 4.78 is 12.8. The molecule has 1 heterocycles. The molecule has 0 radical (unpaired) electrons. The van der Waals surface area contributed by atoms with Crippen LogP contribution in [0.5, 0.6) is 0 Å². The Morgan fingerprint density at radius 3 is 2.68 bits per heavy atom. The summed E-state index contributed by atoms with van der Waals surface area (Å²) in [5.41, 5.74) is 0.868. The zero-order chi connectivity index (χ0) is 13.7. The number of carbonyl (C=O) groups excluding carboxylic acids is 1. The van der Waals surface area contributed by atoms with E-state index >= 15 is 0 Å². The third kappa shape index (κ3) is 4.06. The van der Waals surface area contributed by atoms with Crippen LogP contribution in [-0.4, -0.2) is 6.03 Å². The minimum Gasteiger partial charge on any atom is -0.333 e. The van der Waals surface area contributed by atoms with E-state index in [1.54, 1.807) is 23.5 Å². The first kappa shape index (κ1) is 13.5. The van der Waals surface area contributed by atoms with Gasteiger partial charge in [-0.25, -0.2) is 9.18 Å². The third-order valence-corrected chi connectivity index (χ3v) is 3.60. The summed E-state index contributed by atoms with van der Waals surface area (Å²) in [4.78, 5) is 12.8. The number of nitrogens with one attached hydrogen (secondary N) is 2. The SMILES string of the molecule is C[C@H](NC(=O)NCc1cccs1)c1ccc(F)cc1. The normalized spacial score (nSPS) is 11.9. The standard InChI is InChI=1S/C14H15FN2OS/c1-10(11-4-6-12(15)7-5-11)17-14(18)16-9-13-3-2-8-19-13/h2-8,10H,9H2,1H3,(H2,16,17,18)/t10-/m0/s1. The average Bonchev–Trinajstić information content (AvgIpc) is 2.90. The molecule has 3 nitrogen and oxygen atoms in total. The van der Waals surface area contributed by atoms with Crippen molar-refractivity contribution in [2.24, 2.45) is 0 Å². The number of benzene rings is 1. The Labute approximate surface area is 115 Å². The van der Waals surface area contributed by atoms with Gasteiger partial charge in [-0.1, -0.05) is 18.2 Å². The van der Waals surface area contributed by atoms with Crippen LogP contribution in [0.25, 0.3) is 0 Å². The molecule has 1 aromatic heterocycles. The summed E-state index contributed by atoms with van der Waals surface area (Å²) in [6, 6.07) is 9.62. The molecule has 19 heavy (non-hydrogen) atoms. The lowest BCUT2D eigenvalue weighted by Crippen LogP contribution is -2.36. The molecule has 0 saturated heterocycles. The van der Waals surface area contributed by atoms with Crippen molar-refractivity contribution >= 4 is 17.4 Å². The molecular formula is C14H15FN2OS. The zero-order valence-corrected chi connectivity index (χ0v) is 11.3. The summed E-state index contributed by atoms with van der Waals surface area (Å²) in [6.45, 7) is 2.37. The molecule has 2 rings (SSSR count). The van der Waals surface area contributed by atoms with E-state index < -0.39 is 0 Å². The van der Waals surface area contributed by atoms with Gasteiger partial charge in [-0.3, -0.25) is 0 Å². The highest BCUT2D eigenvalue weighted by molar-refractivity contribution is 7.09. The number of urea groups is 1. The molecule has 0 bridgehead atoms. The number of halogens is 1. The highest BCUT2D eigenvalue weighted by atomic mass is 32.1. The van der Waals surface area contributed by atoms with Gasteiger partial charge in [0.2, 0.25) is 0 Å². The van der Waals surface area contributed by atoms with Gasteiger partial charge in [-0.2, -0.15) is 0 Å². The van der Waals surface area contributed by atoms with E-state index in [-0.39, 0.29) is 17.9 Å². The Balaban J connectivity index is 1.83. The Bertz CT molecular complexity index is 525. The Kier molecular flexibility index (Phi) is 4.52. The van der Waals surface area contributed by atoms with Crippen LogP contribution in [-0.2, 0) is 6.54 Å². The van der Waals surface area contributed by atoms with E-state index in [9.17, 15) is 9.18 Å². The molecule has 0 saturated carbocycles. The molecule has 1 aromatic carbocycles. The van der Waals surface area contributed by atoms with Gasteiger partial charge in [0.1, 0.15) is 5.82 Å². The van der Waals surface area contributed by atoms with Crippen LogP contribution in [0.1, 0.15) is 23.4 Å². The van der Waals surface area contributed by atoms with Crippen molar-refractivity contribution in [1.29, 1.82) is 0 Å². The number of rotatable bonds is 4. The van der Waals surface area contributed by atoms with Gasteiger partial charge in [0.25, 0.3) is 0 Å². The van der Waals surface area contributed by atoms with E-state index in [0.717, 1.165) is 10.4 Å². The van der Waals surface area contributed by atoms with Gasteiger partial charge in [0.15, 0.2) is 0 Å². The van der Waals surface area contributed by atoms with Crippen LogP contribution >= 0.6 is 11.3 Å². The average molecular weight is 278 g/mol. The Morgan fingerprint density at radius 2 is 2.05 bits per heavy atom. The van der Waals surface area contributed by atoms with Gasteiger partial charge in [-0.05, 0) is 36.1 Å². The van der Waals surface area contributed by atoms with Crippen molar-refractivity contribution < 1.29 is 9.18 Å². The summed E-state index contributed by atoms with van der Waals surface area (Å²) >= 11 is 1.60. The number of hydrogen-bond donors (Lipinski definition) is 2. The highest BCUT2D eigenvalue weighted by Gasteiger charge is 2.09. The molecule has 5 heteroatoms. The summed E-state index contributed by atoms with van der Waals surface area (Å²) in [5.74, 6) is -0.280. The topological polar surface area (TPSA) is 41.1 Å². The molecule has 0 fully saturated rings. The number of carbonyl (C=O) groups is 1. The first-order valence-electron chi connectivity index (χ1n) is 5.97. The Hall–Kier alpha value is -1.88. The van der Waals surface area contributed by atoms with E-state index in [2.05, 4.69) is 10.6 Å². The molecule has 1 atom stereocenters. The van der Waals surface area contributed by atoms with Crippen molar-refractivity contribution in [3.05, 3.63) is 58.0 Å². The molecule has 2 amide bonds. The fraction of sp³-hybridized carbons (Fsp3) is 0.214. The lowest BCUT2D eigenvalue weighted by Gasteiger charge is -2.14. The third-order valence-electron chi connectivity index (χ3n) is 2.72. The smallest absolute Gasteiger partial charge is 0.315 e. The fourth-order valence-electron chi connectivity index (χ4n) is 1.66. The molecule has 0 unspecified atom stereocenters. The summed E-state index contributed by atoms with van der Waals surface area (Å²) in [6.07, 6.45) is 0. The maximum Gasteiger partial charge on any atom is 0.315 e. The fourth-order valence-corrected chi connectivity index (χ4v) is 2.31. The van der Waals surface area contributed by atoms with Crippen molar-refractivity contribution in [2.45, 2.75) is 19.5 Å². The van der Waals surface area contributed by atoms with Crippen LogP contribution in [0.3, 0.4) is 0 Å². The van der Waals surface area contributed by atoms with E-state index in [4.69, 9.17) is 0 Å². The van der Waals surface area contributed by atoms with E-state index in [0.29, 0.717) is 6.54 Å². The quantitative estimate of drug-likeness (QED) is 0.883. The maximum atomic E-state index is 12.8. The van der Waals surface area contributed by atoms with E-state index in [1.807, 2.05) is 24.4 Å². The first-order chi connectivity index (χ1) is 9.15.